The molecule has 21 heavy (non-hydrogen) atoms. The van der Waals surface area contributed by atoms with Crippen LogP contribution in [0.15, 0.2) is 41.3 Å². The number of hydrazine groups is 1. The van der Waals surface area contributed by atoms with E-state index in [2.05, 4.69) is 5.43 Å². The molecule has 1 atom stereocenters. The predicted octanol–water partition coefficient (Wildman–Crippen LogP) is 3.88. The lowest BCUT2D eigenvalue weighted by Gasteiger charge is -2.18. The number of hydrogen-bond acceptors (Lipinski definition) is 3. The number of hydrogen-bond donors (Lipinski definition) is 2. The van der Waals surface area contributed by atoms with Crippen LogP contribution in [0, 0.1) is 25.5 Å². The molecular formula is C16H18F2N2S. The van der Waals surface area contributed by atoms with Gasteiger partial charge in [0.15, 0.2) is 11.6 Å². The van der Waals surface area contributed by atoms with Crippen molar-refractivity contribution in [1.29, 1.82) is 0 Å². The van der Waals surface area contributed by atoms with Gasteiger partial charge < -0.3 is 0 Å². The van der Waals surface area contributed by atoms with Crippen molar-refractivity contribution in [1.82, 2.24) is 5.43 Å². The Hall–Kier alpha value is -1.43. The summed E-state index contributed by atoms with van der Waals surface area (Å²) in [6, 6.07) is 10.6. The monoisotopic (exact) mass is 308 g/mol. The van der Waals surface area contributed by atoms with Crippen molar-refractivity contribution >= 4 is 11.8 Å². The summed E-state index contributed by atoms with van der Waals surface area (Å²) in [5.74, 6) is 4.38. The highest BCUT2D eigenvalue weighted by Gasteiger charge is 2.19. The van der Waals surface area contributed by atoms with E-state index >= 15 is 0 Å². The average molecular weight is 308 g/mol. The zero-order valence-electron chi connectivity index (χ0n) is 12.0. The van der Waals surface area contributed by atoms with Gasteiger partial charge in [0.25, 0.3) is 0 Å². The molecule has 0 amide bonds. The number of thioether (sulfide) groups is 1. The Morgan fingerprint density at radius 3 is 2.43 bits per heavy atom. The average Bonchev–Trinajstić information content (AvgIpc) is 2.49. The maximum absolute atomic E-state index is 14.0. The van der Waals surface area contributed by atoms with Crippen LogP contribution in [0.25, 0.3) is 0 Å². The van der Waals surface area contributed by atoms with Gasteiger partial charge in [-0.2, -0.15) is 0 Å². The van der Waals surface area contributed by atoms with Crippen molar-refractivity contribution in [2.75, 3.05) is 5.75 Å². The van der Waals surface area contributed by atoms with Crippen LogP contribution in [0.2, 0.25) is 0 Å². The fourth-order valence-electron chi connectivity index (χ4n) is 2.05. The summed E-state index contributed by atoms with van der Waals surface area (Å²) in [6.07, 6.45) is 0. The molecule has 0 saturated carbocycles. The van der Waals surface area contributed by atoms with E-state index in [1.54, 1.807) is 23.9 Å². The molecule has 5 heteroatoms. The van der Waals surface area contributed by atoms with E-state index in [4.69, 9.17) is 5.84 Å². The van der Waals surface area contributed by atoms with Gasteiger partial charge >= 0.3 is 0 Å². The first-order valence-corrected chi connectivity index (χ1v) is 7.62. The summed E-state index contributed by atoms with van der Waals surface area (Å²) in [5, 5.41) is 0. The van der Waals surface area contributed by atoms with E-state index < -0.39 is 17.7 Å². The number of benzene rings is 2. The van der Waals surface area contributed by atoms with Gasteiger partial charge in [0.05, 0.1) is 6.04 Å². The van der Waals surface area contributed by atoms with E-state index in [9.17, 15) is 8.78 Å². The van der Waals surface area contributed by atoms with E-state index in [1.165, 1.54) is 6.92 Å². The van der Waals surface area contributed by atoms with Gasteiger partial charge in [0.2, 0.25) is 0 Å². The second kappa shape index (κ2) is 7.02. The minimum atomic E-state index is -0.830. The van der Waals surface area contributed by atoms with Crippen LogP contribution < -0.4 is 11.3 Å². The number of aryl methyl sites for hydroxylation is 2. The molecule has 0 aliphatic heterocycles. The Balaban J connectivity index is 2.18. The Labute approximate surface area is 127 Å². The SMILES string of the molecule is Cc1ccccc1SCC(NN)c1ccc(C)c(F)c1F. The maximum Gasteiger partial charge on any atom is 0.163 e. The molecule has 0 heterocycles. The lowest BCUT2D eigenvalue weighted by molar-refractivity contribution is 0.474. The number of rotatable bonds is 5. The maximum atomic E-state index is 14.0. The van der Waals surface area contributed by atoms with Crippen molar-refractivity contribution in [2.45, 2.75) is 24.8 Å². The van der Waals surface area contributed by atoms with Gasteiger partial charge in [-0.25, -0.2) is 8.78 Å². The summed E-state index contributed by atoms with van der Waals surface area (Å²) < 4.78 is 27.7. The van der Waals surface area contributed by atoms with Gasteiger partial charge in [0.1, 0.15) is 0 Å². The van der Waals surface area contributed by atoms with E-state index in [-0.39, 0.29) is 5.56 Å². The highest BCUT2D eigenvalue weighted by molar-refractivity contribution is 7.99. The zero-order valence-corrected chi connectivity index (χ0v) is 12.8. The molecule has 0 aliphatic carbocycles. The summed E-state index contributed by atoms with van der Waals surface area (Å²) in [4.78, 5) is 1.10. The van der Waals surface area contributed by atoms with Gasteiger partial charge in [0, 0.05) is 16.2 Å². The molecular weight excluding hydrogens is 290 g/mol. The summed E-state index contributed by atoms with van der Waals surface area (Å²) in [6.45, 7) is 3.55. The van der Waals surface area contributed by atoms with Crippen LogP contribution in [0.3, 0.4) is 0 Å². The van der Waals surface area contributed by atoms with Crippen LogP contribution in [0.4, 0.5) is 8.78 Å². The molecule has 3 N–H and O–H groups in total. The Morgan fingerprint density at radius 1 is 1.05 bits per heavy atom. The molecule has 112 valence electrons. The zero-order chi connectivity index (χ0) is 15.4. The predicted molar refractivity (Wildman–Crippen MR) is 83.1 cm³/mol. The van der Waals surface area contributed by atoms with Crippen LogP contribution in [-0.4, -0.2) is 5.75 Å². The summed E-state index contributed by atoms with van der Waals surface area (Å²) >= 11 is 1.56. The Bertz CT molecular complexity index is 632. The van der Waals surface area contributed by atoms with Crippen molar-refractivity contribution in [3.8, 4) is 0 Å². The standard InChI is InChI=1S/C16H18F2N2S/c1-10-5-3-4-6-14(10)21-9-13(20-19)12-8-7-11(2)15(17)16(12)18/h3-8,13,20H,9,19H2,1-2H3. The molecule has 2 nitrogen and oxygen atoms in total. The third-order valence-corrected chi connectivity index (χ3v) is 4.65. The topological polar surface area (TPSA) is 38.0 Å². The lowest BCUT2D eigenvalue weighted by Crippen LogP contribution is -2.30. The molecule has 0 bridgehead atoms. The van der Waals surface area contributed by atoms with Crippen molar-refractivity contribution in [3.05, 3.63) is 64.7 Å². The van der Waals surface area contributed by atoms with Crippen LogP contribution in [0.1, 0.15) is 22.7 Å². The first-order chi connectivity index (χ1) is 10.0. The fraction of sp³-hybridized carbons (Fsp3) is 0.250. The molecule has 0 aromatic heterocycles. The van der Waals surface area contributed by atoms with E-state index in [0.717, 1.165) is 10.5 Å². The van der Waals surface area contributed by atoms with Crippen LogP contribution in [0.5, 0.6) is 0 Å². The highest BCUT2D eigenvalue weighted by atomic mass is 32.2. The summed E-state index contributed by atoms with van der Waals surface area (Å²) in [5.41, 5.74) is 4.26. The number of nitrogens with one attached hydrogen (secondary N) is 1. The minimum Gasteiger partial charge on any atom is -0.271 e. The van der Waals surface area contributed by atoms with Gasteiger partial charge in [-0.05, 0) is 31.0 Å². The molecule has 0 spiro atoms. The molecule has 1 unspecified atom stereocenters. The fourth-order valence-corrected chi connectivity index (χ4v) is 3.14. The van der Waals surface area contributed by atoms with Crippen molar-refractivity contribution < 1.29 is 8.78 Å². The first kappa shape index (κ1) is 15.9. The second-order valence-electron chi connectivity index (χ2n) is 4.90. The molecule has 2 aromatic rings. The number of nitrogens with two attached hydrogens (primary N) is 1. The quantitative estimate of drug-likeness (QED) is 0.500. The molecule has 0 aliphatic rings. The van der Waals surface area contributed by atoms with Gasteiger partial charge in [-0.15, -0.1) is 11.8 Å². The lowest BCUT2D eigenvalue weighted by atomic mass is 10.1. The Morgan fingerprint density at radius 2 is 1.76 bits per heavy atom. The first-order valence-electron chi connectivity index (χ1n) is 6.63. The van der Waals surface area contributed by atoms with Crippen molar-refractivity contribution in [2.24, 2.45) is 5.84 Å². The van der Waals surface area contributed by atoms with Gasteiger partial charge in [-0.3, -0.25) is 11.3 Å². The molecule has 2 rings (SSSR count). The largest absolute Gasteiger partial charge is 0.271 e. The van der Waals surface area contributed by atoms with Crippen LogP contribution >= 0.6 is 11.8 Å². The third kappa shape index (κ3) is 3.61. The molecule has 0 saturated heterocycles. The second-order valence-corrected chi connectivity index (χ2v) is 5.96. The van der Waals surface area contributed by atoms with E-state index in [0.29, 0.717) is 11.3 Å². The highest BCUT2D eigenvalue weighted by Crippen LogP contribution is 2.29. The molecule has 2 aromatic carbocycles. The third-order valence-electron chi connectivity index (χ3n) is 3.38. The van der Waals surface area contributed by atoms with E-state index in [1.807, 2.05) is 31.2 Å². The summed E-state index contributed by atoms with van der Waals surface area (Å²) in [7, 11) is 0. The van der Waals surface area contributed by atoms with Gasteiger partial charge in [-0.1, -0.05) is 30.3 Å². The minimum absolute atomic E-state index is 0.252. The Kier molecular flexibility index (Phi) is 5.33. The molecule has 0 radical (unpaired) electrons. The van der Waals surface area contributed by atoms with Crippen LogP contribution in [-0.2, 0) is 0 Å². The smallest absolute Gasteiger partial charge is 0.163 e. The molecule has 0 fully saturated rings. The normalized spacial score (nSPS) is 12.4. The number of halogens is 2. The van der Waals surface area contributed by atoms with Crippen molar-refractivity contribution in [3.63, 3.8) is 0 Å².